The summed E-state index contributed by atoms with van der Waals surface area (Å²) in [6, 6.07) is 18.1. The zero-order valence-corrected chi connectivity index (χ0v) is 20.0. The van der Waals surface area contributed by atoms with Crippen molar-refractivity contribution in [1.82, 2.24) is 10.3 Å². The van der Waals surface area contributed by atoms with Crippen molar-refractivity contribution >= 4 is 73.7 Å². The molecule has 4 rings (SSSR count). The Balaban J connectivity index is 1.59. The van der Waals surface area contributed by atoms with Crippen LogP contribution < -0.4 is 15.4 Å². The average Bonchev–Trinajstić information content (AvgIpc) is 3.20. The molecule has 0 radical (unpaired) electrons. The van der Waals surface area contributed by atoms with E-state index >= 15 is 0 Å². The number of anilines is 1. The fourth-order valence-electron chi connectivity index (χ4n) is 3.07. The minimum atomic E-state index is -0.365. The first kappa shape index (κ1) is 22.5. The molecule has 0 bridgehead atoms. The number of hydrogen-bond acceptors (Lipinski definition) is 5. The van der Waals surface area contributed by atoms with Crippen molar-refractivity contribution in [3.05, 3.63) is 76.3 Å². The van der Waals surface area contributed by atoms with E-state index in [4.69, 9.17) is 40.2 Å². The number of hydrogen-bond donors (Lipinski definition) is 2. The van der Waals surface area contributed by atoms with Crippen molar-refractivity contribution in [1.29, 1.82) is 0 Å². The van der Waals surface area contributed by atoms with Gasteiger partial charge in [-0.15, -0.1) is 11.3 Å². The number of nitrogens with zero attached hydrogens (tertiary/aromatic N) is 1. The van der Waals surface area contributed by atoms with Gasteiger partial charge in [0.15, 0.2) is 5.11 Å². The van der Waals surface area contributed by atoms with Gasteiger partial charge in [0.05, 0.1) is 27.5 Å². The molecule has 162 valence electrons. The second-order valence-corrected chi connectivity index (χ2v) is 8.95. The van der Waals surface area contributed by atoms with Gasteiger partial charge in [0, 0.05) is 16.1 Å². The van der Waals surface area contributed by atoms with Crippen LogP contribution in [0.4, 0.5) is 5.69 Å². The molecule has 1 heterocycles. The molecule has 0 spiro atoms. The third-order valence-electron chi connectivity index (χ3n) is 4.45. The Hall–Kier alpha value is -2.71. The number of ether oxygens (including phenoxy) is 1. The number of nitrogens with one attached hydrogen (secondary N) is 2. The zero-order chi connectivity index (χ0) is 22.7. The number of carbonyl (C=O) groups excluding carboxylic acids is 1. The molecule has 0 aliphatic carbocycles. The molecule has 32 heavy (non-hydrogen) atoms. The van der Waals surface area contributed by atoms with E-state index in [0.717, 1.165) is 15.2 Å². The monoisotopic (exact) mass is 501 g/mol. The van der Waals surface area contributed by atoms with Gasteiger partial charge >= 0.3 is 0 Å². The lowest BCUT2D eigenvalue weighted by Crippen LogP contribution is -2.34. The van der Waals surface area contributed by atoms with Crippen molar-refractivity contribution in [3.8, 4) is 16.3 Å². The molecule has 1 aromatic heterocycles. The highest BCUT2D eigenvalue weighted by atomic mass is 35.5. The molecular weight excluding hydrogens is 485 g/mol. The summed E-state index contributed by atoms with van der Waals surface area (Å²) >= 11 is 19.6. The number of halogens is 2. The molecule has 0 atom stereocenters. The Morgan fingerprint density at radius 1 is 1.12 bits per heavy atom. The second-order valence-electron chi connectivity index (χ2n) is 6.67. The first-order chi connectivity index (χ1) is 15.4. The standard InChI is InChI=1S/C23H17Cl2N3O2S2/c1-2-30-15-7-5-6-13(10-15)21(29)28-23(31)27-20-16(11-14(24)12-17(20)25)22-26-18-8-3-4-9-19(18)32-22/h3-12H,2H2,1H3,(H2,27,28,29,31). The summed E-state index contributed by atoms with van der Waals surface area (Å²) in [5.74, 6) is 0.244. The van der Waals surface area contributed by atoms with Crippen LogP contribution >= 0.6 is 46.8 Å². The van der Waals surface area contributed by atoms with E-state index in [1.807, 2.05) is 31.2 Å². The molecule has 1 amide bonds. The molecule has 9 heteroatoms. The third kappa shape index (κ3) is 5.02. The zero-order valence-electron chi connectivity index (χ0n) is 16.8. The number of aromatic nitrogens is 1. The molecular formula is C23H17Cl2N3O2S2. The summed E-state index contributed by atoms with van der Waals surface area (Å²) in [6.45, 7) is 2.39. The van der Waals surface area contributed by atoms with Gasteiger partial charge in [-0.25, -0.2) is 4.98 Å². The van der Waals surface area contributed by atoms with Crippen LogP contribution in [-0.4, -0.2) is 22.6 Å². The highest BCUT2D eigenvalue weighted by Gasteiger charge is 2.17. The first-order valence-corrected chi connectivity index (χ1v) is 11.6. The van der Waals surface area contributed by atoms with Crippen LogP contribution in [0.1, 0.15) is 17.3 Å². The van der Waals surface area contributed by atoms with E-state index in [2.05, 4.69) is 15.6 Å². The van der Waals surface area contributed by atoms with Crippen LogP contribution in [0, 0.1) is 0 Å². The number of rotatable bonds is 5. The van der Waals surface area contributed by atoms with Crippen molar-refractivity contribution in [2.45, 2.75) is 6.92 Å². The first-order valence-electron chi connectivity index (χ1n) is 9.64. The molecule has 3 aromatic carbocycles. The molecule has 0 saturated carbocycles. The molecule has 4 aromatic rings. The van der Waals surface area contributed by atoms with E-state index in [0.29, 0.717) is 39.2 Å². The lowest BCUT2D eigenvalue weighted by molar-refractivity contribution is 0.0977. The van der Waals surface area contributed by atoms with Crippen molar-refractivity contribution in [2.75, 3.05) is 11.9 Å². The minimum absolute atomic E-state index is 0.100. The van der Waals surface area contributed by atoms with Crippen molar-refractivity contribution in [3.63, 3.8) is 0 Å². The number of para-hydroxylation sites is 1. The van der Waals surface area contributed by atoms with Gasteiger partial charge in [-0.1, -0.05) is 41.4 Å². The number of amides is 1. The Bertz CT molecular complexity index is 1290. The summed E-state index contributed by atoms with van der Waals surface area (Å²) in [5.41, 5.74) is 2.51. The van der Waals surface area contributed by atoms with Gasteiger partial charge in [-0.05, 0) is 61.6 Å². The largest absolute Gasteiger partial charge is 0.494 e. The smallest absolute Gasteiger partial charge is 0.257 e. The summed E-state index contributed by atoms with van der Waals surface area (Å²) in [4.78, 5) is 17.3. The fraction of sp³-hybridized carbons (Fsp3) is 0.0870. The second kappa shape index (κ2) is 9.83. The molecule has 0 aliphatic heterocycles. The number of fused-ring (bicyclic) bond motifs is 1. The Morgan fingerprint density at radius 2 is 1.94 bits per heavy atom. The maximum atomic E-state index is 12.7. The minimum Gasteiger partial charge on any atom is -0.494 e. The van der Waals surface area contributed by atoms with Gasteiger partial charge < -0.3 is 10.1 Å². The van der Waals surface area contributed by atoms with E-state index in [9.17, 15) is 4.79 Å². The summed E-state index contributed by atoms with van der Waals surface area (Å²) in [6.07, 6.45) is 0. The highest BCUT2D eigenvalue weighted by Crippen LogP contribution is 2.40. The topological polar surface area (TPSA) is 63.2 Å². The normalized spacial score (nSPS) is 10.7. The van der Waals surface area contributed by atoms with Gasteiger partial charge in [-0.2, -0.15) is 0 Å². The average molecular weight is 502 g/mol. The summed E-state index contributed by atoms with van der Waals surface area (Å²) < 4.78 is 6.49. The lowest BCUT2D eigenvalue weighted by Gasteiger charge is -2.15. The van der Waals surface area contributed by atoms with Gasteiger partial charge in [0.25, 0.3) is 5.91 Å². The van der Waals surface area contributed by atoms with Gasteiger partial charge in [-0.3, -0.25) is 10.1 Å². The SMILES string of the molecule is CCOc1cccc(C(=O)NC(=S)Nc2c(Cl)cc(Cl)cc2-c2nc3ccccc3s2)c1. The van der Waals surface area contributed by atoms with E-state index in [1.54, 1.807) is 36.4 Å². The fourth-order valence-corrected chi connectivity index (χ4v) is 4.79. The molecule has 0 fully saturated rings. The van der Waals surface area contributed by atoms with Crippen LogP contribution in [0.15, 0.2) is 60.7 Å². The molecule has 0 saturated heterocycles. The van der Waals surface area contributed by atoms with E-state index in [1.165, 1.54) is 11.3 Å². The van der Waals surface area contributed by atoms with Crippen LogP contribution in [0.3, 0.4) is 0 Å². The van der Waals surface area contributed by atoms with Crippen LogP contribution in [0.5, 0.6) is 5.75 Å². The number of carbonyl (C=O) groups is 1. The van der Waals surface area contributed by atoms with Gasteiger partial charge in [0.2, 0.25) is 0 Å². The van der Waals surface area contributed by atoms with Crippen LogP contribution in [0.25, 0.3) is 20.8 Å². The predicted molar refractivity (Wildman–Crippen MR) is 136 cm³/mol. The molecule has 2 N–H and O–H groups in total. The molecule has 0 unspecified atom stereocenters. The van der Waals surface area contributed by atoms with Crippen molar-refractivity contribution in [2.24, 2.45) is 0 Å². The quantitative estimate of drug-likeness (QED) is 0.294. The van der Waals surface area contributed by atoms with Crippen LogP contribution in [0.2, 0.25) is 10.0 Å². The Labute approximate surface area is 204 Å². The molecule has 5 nitrogen and oxygen atoms in total. The number of thiazole rings is 1. The maximum absolute atomic E-state index is 12.7. The third-order valence-corrected chi connectivity index (χ3v) is 6.24. The summed E-state index contributed by atoms with van der Waals surface area (Å²) in [5, 5.41) is 7.38. The Kier molecular flexibility index (Phi) is 6.91. The van der Waals surface area contributed by atoms with E-state index < -0.39 is 0 Å². The predicted octanol–water partition coefficient (Wildman–Crippen LogP) is 6.80. The molecule has 0 aliphatic rings. The lowest BCUT2D eigenvalue weighted by atomic mass is 10.2. The summed E-state index contributed by atoms with van der Waals surface area (Å²) in [7, 11) is 0. The van der Waals surface area contributed by atoms with Gasteiger partial charge in [0.1, 0.15) is 10.8 Å². The van der Waals surface area contributed by atoms with E-state index in [-0.39, 0.29) is 11.0 Å². The van der Waals surface area contributed by atoms with Crippen LogP contribution in [-0.2, 0) is 0 Å². The Morgan fingerprint density at radius 3 is 2.72 bits per heavy atom. The number of thiocarbonyl (C=S) groups is 1. The maximum Gasteiger partial charge on any atom is 0.257 e. The highest BCUT2D eigenvalue weighted by molar-refractivity contribution is 7.80. The van der Waals surface area contributed by atoms with Crippen molar-refractivity contribution < 1.29 is 9.53 Å². The number of benzene rings is 3.